The number of hydrogen-bond donors (Lipinski definition) is 0. The average Bonchev–Trinajstić information content (AvgIpc) is 3.29. The lowest BCUT2D eigenvalue weighted by molar-refractivity contribution is 0.0717. The summed E-state index contributed by atoms with van der Waals surface area (Å²) in [5.41, 5.74) is 3.84. The molecule has 0 radical (unpaired) electrons. The number of para-hydroxylation sites is 2. The Morgan fingerprint density at radius 2 is 1.94 bits per heavy atom. The van der Waals surface area contributed by atoms with Gasteiger partial charge in [0, 0.05) is 17.8 Å². The Kier molecular flexibility index (Phi) is 5.78. The number of sulfone groups is 1. The van der Waals surface area contributed by atoms with Crippen LogP contribution in [0.4, 0.5) is 8.78 Å². The van der Waals surface area contributed by atoms with E-state index in [1.165, 1.54) is 0 Å². The van der Waals surface area contributed by atoms with Gasteiger partial charge < -0.3 is 4.57 Å². The van der Waals surface area contributed by atoms with Crippen LogP contribution in [0.5, 0.6) is 0 Å². The molecule has 0 N–H and O–H groups in total. The Bertz CT molecular complexity index is 1290. The van der Waals surface area contributed by atoms with Crippen LogP contribution in [-0.4, -0.2) is 50.8 Å². The number of imidazole rings is 1. The number of benzene rings is 1. The Hall–Kier alpha value is -2.11. The zero-order valence-corrected chi connectivity index (χ0v) is 19.3. The molecule has 168 valence electrons. The van der Waals surface area contributed by atoms with Gasteiger partial charge in [-0.25, -0.2) is 8.42 Å². The maximum atomic E-state index is 13.6. The topological polar surface area (TPSA) is 65.1 Å². The van der Waals surface area contributed by atoms with Crippen LogP contribution in [0.15, 0.2) is 24.3 Å². The van der Waals surface area contributed by atoms with Crippen molar-refractivity contribution in [3.63, 3.8) is 0 Å². The summed E-state index contributed by atoms with van der Waals surface area (Å²) in [4.78, 5) is 1.99. The molecule has 11 heteroatoms. The van der Waals surface area contributed by atoms with Gasteiger partial charge in [-0.15, -0.1) is 0 Å². The summed E-state index contributed by atoms with van der Waals surface area (Å²) in [6, 6.07) is 6.81. The fraction of sp³-hybridized carbons (Fsp3) is 0.500. The van der Waals surface area contributed by atoms with Gasteiger partial charge in [0.2, 0.25) is 0 Å². The van der Waals surface area contributed by atoms with Crippen molar-refractivity contribution in [1.29, 1.82) is 0 Å². The van der Waals surface area contributed by atoms with Crippen LogP contribution in [0, 0.1) is 18.6 Å². The lowest BCUT2D eigenvalue weighted by atomic mass is 10.2. The molecule has 0 bridgehead atoms. The lowest BCUT2D eigenvalue weighted by Gasteiger charge is -2.19. The molecule has 1 atom stereocenters. The predicted octanol–water partition coefficient (Wildman–Crippen LogP) is 3.83. The van der Waals surface area contributed by atoms with E-state index < -0.39 is 16.4 Å². The van der Waals surface area contributed by atoms with Gasteiger partial charge in [-0.1, -0.05) is 12.1 Å². The summed E-state index contributed by atoms with van der Waals surface area (Å²) in [7, 11) is -1.11. The first-order chi connectivity index (χ1) is 14.6. The minimum absolute atomic E-state index is 0.0725. The van der Waals surface area contributed by atoms with E-state index in [-0.39, 0.29) is 22.3 Å². The molecule has 1 aliphatic heterocycles. The molecule has 0 aliphatic carbocycles. The van der Waals surface area contributed by atoms with Crippen molar-refractivity contribution in [2.45, 2.75) is 46.1 Å². The lowest BCUT2D eigenvalue weighted by Crippen LogP contribution is -2.23. The summed E-state index contributed by atoms with van der Waals surface area (Å²) >= 11 is 5.35. The van der Waals surface area contributed by atoms with E-state index in [4.69, 9.17) is 12.2 Å². The largest absolute Gasteiger partial charge is 0.321 e. The molecule has 3 aromatic rings. The third-order valence-electron chi connectivity index (χ3n) is 5.90. The van der Waals surface area contributed by atoms with Crippen LogP contribution in [-0.2, 0) is 23.1 Å². The molecule has 7 nitrogen and oxygen atoms in total. The minimum atomic E-state index is -3.01. The fourth-order valence-corrected chi connectivity index (χ4v) is 6.39. The Labute approximate surface area is 184 Å². The Morgan fingerprint density at radius 1 is 1.26 bits per heavy atom. The van der Waals surface area contributed by atoms with Crippen LogP contribution in [0.2, 0.25) is 0 Å². The van der Waals surface area contributed by atoms with Gasteiger partial charge in [-0.3, -0.25) is 14.1 Å². The molecular weight excluding hydrogens is 444 g/mol. The highest BCUT2D eigenvalue weighted by Gasteiger charge is 2.31. The zero-order valence-electron chi connectivity index (χ0n) is 17.6. The molecule has 31 heavy (non-hydrogen) atoms. The molecule has 2 aromatic heterocycles. The maximum Gasteiger partial charge on any atom is 0.321 e. The van der Waals surface area contributed by atoms with E-state index in [1.54, 1.807) is 28.8 Å². The van der Waals surface area contributed by atoms with E-state index >= 15 is 0 Å². The van der Waals surface area contributed by atoms with Crippen LogP contribution < -0.4 is 0 Å². The first kappa shape index (κ1) is 22.1. The maximum absolute atomic E-state index is 13.6. The smallest absolute Gasteiger partial charge is 0.303 e. The summed E-state index contributed by atoms with van der Waals surface area (Å²) < 4.78 is 55.4. The second-order valence-electron chi connectivity index (χ2n) is 8.15. The van der Waals surface area contributed by atoms with E-state index in [9.17, 15) is 17.2 Å². The summed E-state index contributed by atoms with van der Waals surface area (Å²) in [6.07, 6.45) is 0.571. The molecule has 4 rings (SSSR count). The zero-order chi connectivity index (χ0) is 22.5. The quantitative estimate of drug-likeness (QED) is 0.514. The van der Waals surface area contributed by atoms with E-state index in [0.717, 1.165) is 21.5 Å². The number of aryl methyl sites for hydroxylation is 1. The van der Waals surface area contributed by atoms with Gasteiger partial charge in [0.15, 0.2) is 14.6 Å². The van der Waals surface area contributed by atoms with Crippen molar-refractivity contribution < 1.29 is 17.2 Å². The van der Waals surface area contributed by atoms with Gasteiger partial charge in [0.1, 0.15) is 0 Å². The van der Waals surface area contributed by atoms with Crippen molar-refractivity contribution in [2.24, 2.45) is 0 Å². The predicted molar refractivity (Wildman–Crippen MR) is 117 cm³/mol. The van der Waals surface area contributed by atoms with Crippen molar-refractivity contribution in [1.82, 2.24) is 23.8 Å². The van der Waals surface area contributed by atoms with Crippen LogP contribution >= 0.6 is 12.2 Å². The summed E-state index contributed by atoms with van der Waals surface area (Å²) in [6.45, 7) is 2.01. The van der Waals surface area contributed by atoms with Crippen molar-refractivity contribution in [2.75, 3.05) is 18.6 Å². The van der Waals surface area contributed by atoms with Crippen LogP contribution in [0.25, 0.3) is 11.0 Å². The molecule has 1 unspecified atom stereocenters. The van der Waals surface area contributed by atoms with Crippen LogP contribution in [0.3, 0.4) is 0 Å². The molecule has 1 aromatic carbocycles. The molecule has 1 saturated heterocycles. The van der Waals surface area contributed by atoms with Gasteiger partial charge in [-0.2, -0.15) is 13.9 Å². The van der Waals surface area contributed by atoms with Gasteiger partial charge in [0.25, 0.3) is 0 Å². The van der Waals surface area contributed by atoms with Gasteiger partial charge in [-0.05, 0) is 51.7 Å². The summed E-state index contributed by atoms with van der Waals surface area (Å²) in [5, 5.41) is 4.61. The molecule has 0 saturated carbocycles. The highest BCUT2D eigenvalue weighted by atomic mass is 32.2. The SMILES string of the molecule is Cc1nn(C2CCS(=O)(=O)C2)c(C)c1CN(C)Cn1c(=S)n(C(F)F)c2ccccc21. The van der Waals surface area contributed by atoms with Gasteiger partial charge >= 0.3 is 6.55 Å². The first-order valence-corrected chi connectivity index (χ1v) is 12.2. The number of aromatic nitrogens is 4. The van der Waals surface area contributed by atoms with E-state index in [0.29, 0.717) is 30.7 Å². The summed E-state index contributed by atoms with van der Waals surface area (Å²) in [5.74, 6) is 0.310. The second-order valence-corrected chi connectivity index (χ2v) is 10.7. The van der Waals surface area contributed by atoms with E-state index in [1.807, 2.05) is 30.5 Å². The minimum Gasteiger partial charge on any atom is -0.303 e. The van der Waals surface area contributed by atoms with Crippen LogP contribution in [0.1, 0.15) is 36.0 Å². The average molecular weight is 470 g/mol. The number of rotatable bonds is 6. The molecular formula is C20H25F2N5O2S2. The third-order valence-corrected chi connectivity index (χ3v) is 8.07. The molecule has 1 fully saturated rings. The highest BCUT2D eigenvalue weighted by molar-refractivity contribution is 7.91. The van der Waals surface area contributed by atoms with Crippen molar-refractivity contribution in [3.05, 3.63) is 46.0 Å². The van der Waals surface area contributed by atoms with E-state index in [2.05, 4.69) is 5.10 Å². The highest BCUT2D eigenvalue weighted by Crippen LogP contribution is 2.28. The number of nitrogens with zero attached hydrogens (tertiary/aromatic N) is 5. The molecule has 1 aliphatic rings. The van der Waals surface area contributed by atoms with Crippen molar-refractivity contribution >= 4 is 33.1 Å². The molecule has 3 heterocycles. The number of hydrogen-bond acceptors (Lipinski definition) is 5. The number of fused-ring (bicyclic) bond motifs is 1. The first-order valence-electron chi connectivity index (χ1n) is 10.0. The Morgan fingerprint density at radius 3 is 2.55 bits per heavy atom. The standard InChI is InChI=1S/C20H25F2N5O2S2/c1-13-16(14(2)27(23-13)15-8-9-31(28,29)11-15)10-24(3)12-25-17-6-4-5-7-18(17)26(19(21)22)20(25)30/h4-7,15,19H,8-12H2,1-3H3. The van der Waals surface area contributed by atoms with Crippen molar-refractivity contribution in [3.8, 4) is 0 Å². The van der Waals surface area contributed by atoms with Gasteiger partial charge in [0.05, 0.1) is 40.9 Å². The number of alkyl halides is 2. The monoisotopic (exact) mass is 469 g/mol. The second kappa shape index (κ2) is 8.10. The fourth-order valence-electron chi connectivity index (χ4n) is 4.37. The molecule has 0 amide bonds. The Balaban J connectivity index is 1.60. The third kappa shape index (κ3) is 4.06. The number of halogens is 2. The molecule has 0 spiro atoms. The normalized spacial score (nSPS) is 18.6.